The molecular formula is C20H24N2O2. The number of amides is 1. The predicted molar refractivity (Wildman–Crippen MR) is 93.9 cm³/mol. The van der Waals surface area contributed by atoms with Crippen molar-refractivity contribution < 1.29 is 9.53 Å². The molecule has 0 N–H and O–H groups in total. The van der Waals surface area contributed by atoms with Gasteiger partial charge in [0.05, 0.1) is 18.6 Å². The minimum atomic E-state index is 0.0779. The van der Waals surface area contributed by atoms with E-state index in [4.69, 9.17) is 4.74 Å². The molecule has 4 nitrogen and oxygen atoms in total. The Bertz CT molecular complexity index is 718. The Morgan fingerprint density at radius 3 is 2.75 bits per heavy atom. The van der Waals surface area contributed by atoms with E-state index in [1.807, 2.05) is 41.3 Å². The van der Waals surface area contributed by atoms with Crippen LogP contribution in [0.15, 0.2) is 36.4 Å². The molecule has 1 saturated carbocycles. The van der Waals surface area contributed by atoms with Crippen LogP contribution in [-0.4, -0.2) is 35.0 Å². The number of carbonyl (C=O) groups is 1. The summed E-state index contributed by atoms with van der Waals surface area (Å²) in [6.45, 7) is 1.38. The lowest BCUT2D eigenvalue weighted by molar-refractivity contribution is -0.140. The Kier molecular flexibility index (Phi) is 4.37. The maximum Gasteiger partial charge on any atom is 0.222 e. The molecule has 4 heteroatoms. The predicted octanol–water partition coefficient (Wildman–Crippen LogP) is 3.79. The van der Waals surface area contributed by atoms with Gasteiger partial charge in [-0.1, -0.05) is 43.9 Å². The van der Waals surface area contributed by atoms with Crippen molar-refractivity contribution in [1.82, 2.24) is 9.88 Å². The standard InChI is InChI=1S/C20H24N2O2/c23-20(12-9-15-5-1-2-6-15)22-13-17(14-22)24-19-11-10-16-7-3-4-8-18(16)21-19/h3-4,7-8,10-11,15,17H,1-2,5-6,9,12-14H2. The summed E-state index contributed by atoms with van der Waals surface area (Å²) in [5.74, 6) is 1.72. The van der Waals surface area contributed by atoms with Gasteiger partial charge in [0.15, 0.2) is 0 Å². The minimum absolute atomic E-state index is 0.0779. The number of para-hydroxylation sites is 1. The Balaban J connectivity index is 1.25. The number of fused-ring (bicyclic) bond motifs is 1. The molecule has 2 aliphatic rings. The van der Waals surface area contributed by atoms with Gasteiger partial charge in [0.2, 0.25) is 11.8 Å². The second-order valence-corrected chi connectivity index (χ2v) is 7.07. The fourth-order valence-corrected chi connectivity index (χ4v) is 3.78. The van der Waals surface area contributed by atoms with Gasteiger partial charge < -0.3 is 9.64 Å². The van der Waals surface area contributed by atoms with E-state index in [2.05, 4.69) is 4.98 Å². The summed E-state index contributed by atoms with van der Waals surface area (Å²) >= 11 is 0. The van der Waals surface area contributed by atoms with E-state index in [1.165, 1.54) is 25.7 Å². The highest BCUT2D eigenvalue weighted by molar-refractivity contribution is 5.79. The summed E-state index contributed by atoms with van der Waals surface area (Å²) in [7, 11) is 0. The van der Waals surface area contributed by atoms with Gasteiger partial charge in [-0.3, -0.25) is 4.79 Å². The average Bonchev–Trinajstić information content (AvgIpc) is 3.09. The van der Waals surface area contributed by atoms with E-state index in [1.54, 1.807) is 0 Å². The fraction of sp³-hybridized carbons (Fsp3) is 0.500. The van der Waals surface area contributed by atoms with Gasteiger partial charge in [-0.2, -0.15) is 0 Å². The molecule has 126 valence electrons. The normalized spacial score (nSPS) is 18.8. The SMILES string of the molecule is O=C(CCC1CCCC1)N1CC(Oc2ccc3ccccc3n2)C1. The molecule has 0 spiro atoms. The molecule has 1 aromatic carbocycles. The van der Waals surface area contributed by atoms with Crippen LogP contribution in [0.25, 0.3) is 10.9 Å². The van der Waals surface area contributed by atoms with Crippen LogP contribution in [0.4, 0.5) is 0 Å². The molecule has 2 aromatic rings. The first-order valence-corrected chi connectivity index (χ1v) is 9.08. The van der Waals surface area contributed by atoms with Crippen LogP contribution in [-0.2, 0) is 4.79 Å². The fourth-order valence-electron chi connectivity index (χ4n) is 3.78. The molecule has 1 saturated heterocycles. The van der Waals surface area contributed by atoms with Gasteiger partial charge in [0.1, 0.15) is 6.10 Å². The maximum atomic E-state index is 12.2. The number of rotatable bonds is 5. The molecule has 1 aliphatic carbocycles. The van der Waals surface area contributed by atoms with Crippen LogP contribution in [0, 0.1) is 5.92 Å². The highest BCUT2D eigenvalue weighted by Crippen LogP contribution is 2.29. The van der Waals surface area contributed by atoms with Crippen LogP contribution >= 0.6 is 0 Å². The molecule has 1 amide bonds. The number of nitrogens with zero attached hydrogens (tertiary/aromatic N) is 2. The van der Waals surface area contributed by atoms with E-state index < -0.39 is 0 Å². The van der Waals surface area contributed by atoms with Gasteiger partial charge in [0.25, 0.3) is 0 Å². The average molecular weight is 324 g/mol. The van der Waals surface area contributed by atoms with E-state index >= 15 is 0 Å². The van der Waals surface area contributed by atoms with Crippen molar-refractivity contribution in [3.8, 4) is 5.88 Å². The van der Waals surface area contributed by atoms with Gasteiger partial charge >= 0.3 is 0 Å². The van der Waals surface area contributed by atoms with E-state index in [9.17, 15) is 4.79 Å². The monoisotopic (exact) mass is 324 g/mol. The van der Waals surface area contributed by atoms with E-state index in [-0.39, 0.29) is 12.0 Å². The Hall–Kier alpha value is -2.10. The van der Waals surface area contributed by atoms with E-state index in [0.29, 0.717) is 25.4 Å². The first-order valence-electron chi connectivity index (χ1n) is 9.08. The summed E-state index contributed by atoms with van der Waals surface area (Å²) in [6, 6.07) is 12.0. The van der Waals surface area contributed by atoms with Crippen molar-refractivity contribution in [2.45, 2.75) is 44.6 Å². The quantitative estimate of drug-likeness (QED) is 0.840. The van der Waals surface area contributed by atoms with Gasteiger partial charge in [-0.05, 0) is 24.5 Å². The number of hydrogen-bond donors (Lipinski definition) is 0. The second-order valence-electron chi connectivity index (χ2n) is 7.07. The highest BCUT2D eigenvalue weighted by atomic mass is 16.5. The zero-order chi connectivity index (χ0) is 16.4. The second kappa shape index (κ2) is 6.80. The molecule has 2 heterocycles. The third-order valence-electron chi connectivity index (χ3n) is 5.30. The summed E-state index contributed by atoms with van der Waals surface area (Å²) in [5.41, 5.74) is 0.943. The Labute approximate surface area is 142 Å². The number of pyridine rings is 1. The molecule has 2 fully saturated rings. The first kappa shape index (κ1) is 15.4. The summed E-state index contributed by atoms with van der Waals surface area (Å²) in [5, 5.41) is 1.11. The summed E-state index contributed by atoms with van der Waals surface area (Å²) in [4.78, 5) is 18.7. The third kappa shape index (κ3) is 3.37. The van der Waals surface area contributed by atoms with Crippen molar-refractivity contribution in [3.63, 3.8) is 0 Å². The van der Waals surface area contributed by atoms with Crippen molar-refractivity contribution in [1.29, 1.82) is 0 Å². The number of aromatic nitrogens is 1. The third-order valence-corrected chi connectivity index (χ3v) is 5.30. The number of likely N-dealkylation sites (tertiary alicyclic amines) is 1. The molecule has 0 unspecified atom stereocenters. The minimum Gasteiger partial charge on any atom is -0.471 e. The number of benzene rings is 1. The smallest absolute Gasteiger partial charge is 0.222 e. The van der Waals surface area contributed by atoms with Crippen molar-refractivity contribution in [3.05, 3.63) is 36.4 Å². The Morgan fingerprint density at radius 1 is 1.12 bits per heavy atom. The molecule has 0 atom stereocenters. The summed E-state index contributed by atoms with van der Waals surface area (Å²) in [6.07, 6.45) is 7.15. The number of carbonyl (C=O) groups excluding carboxylic acids is 1. The number of ether oxygens (including phenoxy) is 1. The first-order chi connectivity index (χ1) is 11.8. The van der Waals surface area contributed by atoms with Gasteiger partial charge in [0, 0.05) is 17.9 Å². The lowest BCUT2D eigenvalue weighted by Crippen LogP contribution is -2.56. The van der Waals surface area contributed by atoms with Crippen LogP contribution in [0.5, 0.6) is 5.88 Å². The van der Waals surface area contributed by atoms with Gasteiger partial charge in [-0.15, -0.1) is 0 Å². The highest BCUT2D eigenvalue weighted by Gasteiger charge is 2.32. The lowest BCUT2D eigenvalue weighted by atomic mass is 10.0. The summed E-state index contributed by atoms with van der Waals surface area (Å²) < 4.78 is 5.91. The number of hydrogen-bond acceptors (Lipinski definition) is 3. The van der Waals surface area contributed by atoms with Crippen LogP contribution in [0.1, 0.15) is 38.5 Å². The molecule has 1 aliphatic heterocycles. The van der Waals surface area contributed by atoms with Crippen LogP contribution in [0.2, 0.25) is 0 Å². The zero-order valence-electron chi connectivity index (χ0n) is 14.0. The topological polar surface area (TPSA) is 42.4 Å². The lowest BCUT2D eigenvalue weighted by Gasteiger charge is -2.38. The van der Waals surface area contributed by atoms with Crippen LogP contribution in [0.3, 0.4) is 0 Å². The molecule has 4 rings (SSSR count). The van der Waals surface area contributed by atoms with Crippen molar-refractivity contribution in [2.24, 2.45) is 5.92 Å². The molecular weight excluding hydrogens is 300 g/mol. The van der Waals surface area contributed by atoms with E-state index in [0.717, 1.165) is 23.2 Å². The van der Waals surface area contributed by atoms with Gasteiger partial charge in [-0.25, -0.2) is 4.98 Å². The Morgan fingerprint density at radius 2 is 1.92 bits per heavy atom. The van der Waals surface area contributed by atoms with Crippen LogP contribution < -0.4 is 4.74 Å². The zero-order valence-corrected chi connectivity index (χ0v) is 14.0. The molecule has 24 heavy (non-hydrogen) atoms. The maximum absolute atomic E-state index is 12.2. The largest absolute Gasteiger partial charge is 0.471 e. The van der Waals surface area contributed by atoms with Crippen molar-refractivity contribution in [2.75, 3.05) is 13.1 Å². The molecule has 0 radical (unpaired) electrons. The molecule has 0 bridgehead atoms. The molecule has 1 aromatic heterocycles. The van der Waals surface area contributed by atoms with Crippen molar-refractivity contribution >= 4 is 16.8 Å².